The summed E-state index contributed by atoms with van der Waals surface area (Å²) in [5.74, 6) is 0.552. The van der Waals surface area contributed by atoms with Crippen molar-refractivity contribution in [1.82, 2.24) is 9.97 Å². The number of ketones is 1. The fraction of sp³-hybridized carbons (Fsp3) is 0.0769. The highest BCUT2D eigenvalue weighted by Gasteiger charge is 2.27. The minimum absolute atomic E-state index is 0.176. The van der Waals surface area contributed by atoms with Crippen molar-refractivity contribution in [1.29, 1.82) is 0 Å². The number of carbonyl (C=O) groups is 2. The van der Waals surface area contributed by atoms with Gasteiger partial charge in [0.15, 0.2) is 6.29 Å². The van der Waals surface area contributed by atoms with Crippen molar-refractivity contribution in [3.05, 3.63) is 95.0 Å². The van der Waals surface area contributed by atoms with E-state index in [1.165, 1.54) is 24.5 Å². The minimum atomic E-state index is -1.12. The number of aldehydes is 1. The number of ether oxygens (including phenoxy) is 2. The molecule has 3 aromatic carbocycles. The van der Waals surface area contributed by atoms with Crippen molar-refractivity contribution in [3.8, 4) is 5.75 Å². The van der Waals surface area contributed by atoms with E-state index < -0.39 is 11.9 Å². The lowest BCUT2D eigenvalue weighted by Crippen LogP contribution is -2.17. The van der Waals surface area contributed by atoms with E-state index in [0.717, 1.165) is 0 Å². The van der Waals surface area contributed by atoms with Crippen LogP contribution in [0.15, 0.2) is 73.1 Å². The molecule has 1 unspecified atom stereocenters. The van der Waals surface area contributed by atoms with Crippen molar-refractivity contribution < 1.29 is 23.5 Å². The first-order valence-corrected chi connectivity index (χ1v) is 10.9. The van der Waals surface area contributed by atoms with E-state index in [1.807, 2.05) is 0 Å². The summed E-state index contributed by atoms with van der Waals surface area (Å²) in [5, 5.41) is 4.27. The standard InChI is InChI=1S/C26H17ClFN3O4/c27-20-10-18(5-7-23(20)34-13-15-2-1-3-17(28)8-15)31-26-19-9-16(4-6-21(19)29-14-30-26)24-11-22(33)25(12-32)35-24/h1-12,14,25H,13H2,(H,29,30,31). The molecule has 7 nitrogen and oxygen atoms in total. The summed E-state index contributed by atoms with van der Waals surface area (Å²) in [4.78, 5) is 31.5. The van der Waals surface area contributed by atoms with Crippen LogP contribution < -0.4 is 10.1 Å². The van der Waals surface area contributed by atoms with E-state index in [-0.39, 0.29) is 12.4 Å². The maximum atomic E-state index is 13.4. The molecule has 9 heteroatoms. The summed E-state index contributed by atoms with van der Waals surface area (Å²) in [5.41, 5.74) is 2.64. The fourth-order valence-corrected chi connectivity index (χ4v) is 3.85. The zero-order chi connectivity index (χ0) is 24.4. The normalized spacial score (nSPS) is 15.0. The van der Waals surface area contributed by atoms with E-state index in [9.17, 15) is 14.0 Å². The third kappa shape index (κ3) is 4.83. The van der Waals surface area contributed by atoms with Gasteiger partial charge in [-0.3, -0.25) is 9.59 Å². The molecule has 0 aliphatic carbocycles. The Morgan fingerprint density at radius 2 is 2.00 bits per heavy atom. The van der Waals surface area contributed by atoms with Gasteiger partial charge in [-0.15, -0.1) is 0 Å². The Bertz CT molecular complexity index is 1490. The summed E-state index contributed by atoms with van der Waals surface area (Å²) in [6.07, 6.45) is 2.09. The van der Waals surface area contributed by atoms with Crippen LogP contribution in [0.2, 0.25) is 5.02 Å². The predicted octanol–water partition coefficient (Wildman–Crippen LogP) is 5.25. The molecule has 0 saturated heterocycles. The van der Waals surface area contributed by atoms with Crippen molar-refractivity contribution in [2.45, 2.75) is 12.7 Å². The fourth-order valence-electron chi connectivity index (χ4n) is 3.62. The molecule has 0 bridgehead atoms. The molecule has 1 atom stereocenters. The summed E-state index contributed by atoms with van der Waals surface area (Å²) < 4.78 is 24.5. The van der Waals surface area contributed by atoms with E-state index in [1.54, 1.807) is 48.5 Å². The Morgan fingerprint density at radius 1 is 1.11 bits per heavy atom. The van der Waals surface area contributed by atoms with Crippen molar-refractivity contribution in [2.24, 2.45) is 0 Å². The van der Waals surface area contributed by atoms with Crippen LogP contribution in [0.1, 0.15) is 11.1 Å². The van der Waals surface area contributed by atoms with Crippen LogP contribution in [0, 0.1) is 5.82 Å². The van der Waals surface area contributed by atoms with Gasteiger partial charge in [0.1, 0.15) is 36.1 Å². The summed E-state index contributed by atoms with van der Waals surface area (Å²) >= 11 is 6.41. The molecule has 2 heterocycles. The van der Waals surface area contributed by atoms with Crippen LogP contribution in [-0.4, -0.2) is 28.1 Å². The summed E-state index contributed by atoms with van der Waals surface area (Å²) in [6.45, 7) is 0.176. The van der Waals surface area contributed by atoms with E-state index in [2.05, 4.69) is 15.3 Å². The maximum absolute atomic E-state index is 13.4. The molecule has 0 saturated carbocycles. The molecule has 35 heavy (non-hydrogen) atoms. The Labute approximate surface area is 204 Å². The highest BCUT2D eigenvalue weighted by molar-refractivity contribution is 6.32. The average Bonchev–Trinajstić information content (AvgIpc) is 3.24. The average molecular weight is 490 g/mol. The smallest absolute Gasteiger partial charge is 0.215 e. The van der Waals surface area contributed by atoms with E-state index >= 15 is 0 Å². The Kier molecular flexibility index (Phi) is 6.12. The first-order valence-electron chi connectivity index (χ1n) is 10.6. The van der Waals surface area contributed by atoms with Crippen LogP contribution in [-0.2, 0) is 20.9 Å². The topological polar surface area (TPSA) is 90.4 Å². The van der Waals surface area contributed by atoms with Crippen molar-refractivity contribution in [2.75, 3.05) is 5.32 Å². The Morgan fingerprint density at radius 3 is 2.77 bits per heavy atom. The van der Waals surface area contributed by atoms with Crippen LogP contribution in [0.25, 0.3) is 16.7 Å². The molecule has 174 valence electrons. The quantitative estimate of drug-likeness (QED) is 0.280. The van der Waals surface area contributed by atoms with Gasteiger partial charge >= 0.3 is 0 Å². The molecule has 1 aliphatic heterocycles. The predicted molar refractivity (Wildman–Crippen MR) is 129 cm³/mol. The molecule has 5 rings (SSSR count). The van der Waals surface area contributed by atoms with Crippen molar-refractivity contribution >= 4 is 51.8 Å². The van der Waals surface area contributed by atoms with Gasteiger partial charge in [-0.2, -0.15) is 0 Å². The first kappa shape index (κ1) is 22.5. The number of hydrogen-bond donors (Lipinski definition) is 1. The number of rotatable bonds is 7. The molecular formula is C26H17ClFN3O4. The van der Waals surface area contributed by atoms with Gasteiger partial charge in [0.05, 0.1) is 10.5 Å². The summed E-state index contributed by atoms with van der Waals surface area (Å²) in [7, 11) is 0. The molecule has 4 aromatic rings. The number of nitrogens with zero attached hydrogens (tertiary/aromatic N) is 2. The third-order valence-corrected chi connectivity index (χ3v) is 5.62. The number of halogens is 2. The largest absolute Gasteiger partial charge is 0.487 e. The van der Waals surface area contributed by atoms with Crippen molar-refractivity contribution in [3.63, 3.8) is 0 Å². The van der Waals surface area contributed by atoms with Gasteiger partial charge in [0.25, 0.3) is 0 Å². The maximum Gasteiger partial charge on any atom is 0.215 e. The molecular weight excluding hydrogens is 473 g/mol. The highest BCUT2D eigenvalue weighted by atomic mass is 35.5. The van der Waals surface area contributed by atoms with Gasteiger partial charge in [-0.05, 0) is 54.1 Å². The molecule has 1 aliphatic rings. The Hall–Kier alpha value is -4.30. The van der Waals surface area contributed by atoms with Gasteiger partial charge in [0, 0.05) is 22.7 Å². The zero-order valence-corrected chi connectivity index (χ0v) is 18.8. The Balaban J connectivity index is 1.37. The molecule has 1 aromatic heterocycles. The molecule has 0 fully saturated rings. The molecule has 0 amide bonds. The van der Waals surface area contributed by atoms with Crippen LogP contribution in [0.5, 0.6) is 5.75 Å². The number of hydrogen-bond acceptors (Lipinski definition) is 7. The molecule has 1 N–H and O–H groups in total. The summed E-state index contributed by atoms with van der Waals surface area (Å²) in [6, 6.07) is 16.6. The number of carbonyl (C=O) groups excluding carboxylic acids is 2. The lowest BCUT2D eigenvalue weighted by molar-refractivity contribution is -0.126. The van der Waals surface area contributed by atoms with Gasteiger partial charge in [0.2, 0.25) is 11.9 Å². The number of anilines is 2. The SMILES string of the molecule is O=CC1OC(c2ccc3ncnc(Nc4ccc(OCc5cccc(F)c5)c(Cl)c4)c3c2)=CC1=O. The molecule has 0 radical (unpaired) electrons. The monoisotopic (exact) mass is 489 g/mol. The lowest BCUT2D eigenvalue weighted by atomic mass is 10.1. The number of nitrogens with one attached hydrogen (secondary N) is 1. The lowest BCUT2D eigenvalue weighted by Gasteiger charge is -2.13. The van der Waals surface area contributed by atoms with Crippen LogP contribution in [0.4, 0.5) is 15.9 Å². The second kappa shape index (κ2) is 9.52. The first-order chi connectivity index (χ1) is 17.0. The van der Waals surface area contributed by atoms with E-state index in [4.69, 9.17) is 21.1 Å². The highest BCUT2D eigenvalue weighted by Crippen LogP contribution is 2.32. The van der Waals surface area contributed by atoms with Gasteiger partial charge < -0.3 is 14.8 Å². The number of benzene rings is 3. The second-order valence-corrected chi connectivity index (χ2v) is 8.14. The van der Waals surface area contributed by atoms with Crippen LogP contribution >= 0.6 is 11.6 Å². The second-order valence-electron chi connectivity index (χ2n) is 7.73. The zero-order valence-electron chi connectivity index (χ0n) is 18.1. The molecule has 0 spiro atoms. The number of fused-ring (bicyclic) bond motifs is 1. The van der Waals surface area contributed by atoms with Crippen LogP contribution in [0.3, 0.4) is 0 Å². The number of aromatic nitrogens is 2. The van der Waals surface area contributed by atoms with E-state index in [0.29, 0.717) is 56.4 Å². The van der Waals surface area contributed by atoms with Gasteiger partial charge in [-0.1, -0.05) is 23.7 Å². The van der Waals surface area contributed by atoms with Gasteiger partial charge in [-0.25, -0.2) is 14.4 Å². The third-order valence-electron chi connectivity index (χ3n) is 5.33. The minimum Gasteiger partial charge on any atom is -0.487 e.